The molecule has 0 spiro atoms. The zero-order valence-corrected chi connectivity index (χ0v) is 12.5. The van der Waals surface area contributed by atoms with E-state index in [0.717, 1.165) is 5.56 Å². The van der Waals surface area contributed by atoms with Gasteiger partial charge in [-0.2, -0.15) is 0 Å². The fourth-order valence-electron chi connectivity index (χ4n) is 1.92. The number of nitrogens with zero attached hydrogens (tertiary/aromatic N) is 1. The maximum Gasteiger partial charge on any atom is 0.251 e. The molecular formula is C17H20N2O3. The Bertz CT molecular complexity index is 598. The molecule has 1 amide bonds. The van der Waals surface area contributed by atoms with Gasteiger partial charge >= 0.3 is 0 Å². The van der Waals surface area contributed by atoms with E-state index in [1.165, 1.54) is 0 Å². The molecule has 2 N–H and O–H groups in total. The molecule has 0 saturated heterocycles. The number of aliphatic hydroxyl groups excluding tert-OH is 1. The van der Waals surface area contributed by atoms with Gasteiger partial charge in [0.25, 0.3) is 5.91 Å². The van der Waals surface area contributed by atoms with Gasteiger partial charge in [-0.1, -0.05) is 19.1 Å². The van der Waals surface area contributed by atoms with Gasteiger partial charge in [-0.15, -0.1) is 0 Å². The summed E-state index contributed by atoms with van der Waals surface area (Å²) in [5.74, 6) is 0.404. The third kappa shape index (κ3) is 4.56. The molecule has 5 nitrogen and oxygen atoms in total. The Kier molecular flexibility index (Phi) is 5.91. The lowest BCUT2D eigenvalue weighted by Crippen LogP contribution is -2.36. The van der Waals surface area contributed by atoms with Crippen LogP contribution in [0.15, 0.2) is 48.8 Å². The number of aromatic nitrogens is 1. The molecule has 1 atom stereocenters. The number of carbonyl (C=O) groups excluding carboxylic acids is 1. The molecule has 1 unspecified atom stereocenters. The van der Waals surface area contributed by atoms with E-state index in [9.17, 15) is 4.79 Å². The molecule has 0 bridgehead atoms. The van der Waals surface area contributed by atoms with Gasteiger partial charge in [0.1, 0.15) is 12.4 Å². The number of hydrogen-bond acceptors (Lipinski definition) is 4. The second-order valence-corrected chi connectivity index (χ2v) is 4.94. The van der Waals surface area contributed by atoms with Crippen LogP contribution in [0.4, 0.5) is 0 Å². The lowest BCUT2D eigenvalue weighted by atomic mass is 10.1. The summed E-state index contributed by atoms with van der Waals surface area (Å²) in [6.07, 6.45) is 4.13. The molecule has 0 aliphatic heterocycles. The van der Waals surface area contributed by atoms with Crippen LogP contribution in [0.1, 0.15) is 29.3 Å². The highest BCUT2D eigenvalue weighted by Gasteiger charge is 2.11. The van der Waals surface area contributed by atoms with Gasteiger partial charge in [0, 0.05) is 23.5 Å². The fourth-order valence-corrected chi connectivity index (χ4v) is 1.92. The molecule has 0 saturated carbocycles. The Morgan fingerprint density at radius 2 is 2.23 bits per heavy atom. The lowest BCUT2D eigenvalue weighted by Gasteiger charge is -2.14. The number of amides is 1. The van der Waals surface area contributed by atoms with Crippen molar-refractivity contribution in [3.63, 3.8) is 0 Å². The number of ether oxygens (including phenoxy) is 1. The maximum atomic E-state index is 12.1. The van der Waals surface area contributed by atoms with Gasteiger partial charge in [-0.05, 0) is 30.7 Å². The SMILES string of the molecule is CCC(CO)NC(=O)c1cccc(OCc2cccnc2)c1. The van der Waals surface area contributed by atoms with E-state index in [-0.39, 0.29) is 18.6 Å². The first kappa shape index (κ1) is 16.0. The molecule has 5 heteroatoms. The number of aliphatic hydroxyl groups is 1. The molecular weight excluding hydrogens is 280 g/mol. The van der Waals surface area contributed by atoms with Crippen molar-refractivity contribution in [3.05, 3.63) is 59.9 Å². The lowest BCUT2D eigenvalue weighted by molar-refractivity contribution is 0.0914. The minimum absolute atomic E-state index is 0.0700. The van der Waals surface area contributed by atoms with Crippen LogP contribution in [0, 0.1) is 0 Å². The molecule has 0 aliphatic rings. The second-order valence-electron chi connectivity index (χ2n) is 4.94. The van der Waals surface area contributed by atoms with E-state index in [1.807, 2.05) is 19.1 Å². The highest BCUT2D eigenvalue weighted by molar-refractivity contribution is 5.94. The average Bonchev–Trinajstić information content (AvgIpc) is 2.59. The number of pyridine rings is 1. The first-order valence-electron chi connectivity index (χ1n) is 7.26. The van der Waals surface area contributed by atoms with Crippen LogP contribution < -0.4 is 10.1 Å². The van der Waals surface area contributed by atoms with Crippen LogP contribution in [-0.4, -0.2) is 28.6 Å². The van der Waals surface area contributed by atoms with Gasteiger partial charge in [0.2, 0.25) is 0 Å². The highest BCUT2D eigenvalue weighted by atomic mass is 16.5. The van der Waals surface area contributed by atoms with Crippen molar-refractivity contribution in [1.82, 2.24) is 10.3 Å². The minimum Gasteiger partial charge on any atom is -0.489 e. The van der Waals surface area contributed by atoms with Crippen molar-refractivity contribution >= 4 is 5.91 Å². The van der Waals surface area contributed by atoms with Crippen molar-refractivity contribution in [1.29, 1.82) is 0 Å². The smallest absolute Gasteiger partial charge is 0.251 e. The number of carbonyl (C=O) groups is 1. The summed E-state index contributed by atoms with van der Waals surface area (Å²) < 4.78 is 5.67. The molecule has 22 heavy (non-hydrogen) atoms. The van der Waals surface area contributed by atoms with E-state index >= 15 is 0 Å². The maximum absolute atomic E-state index is 12.1. The van der Waals surface area contributed by atoms with Crippen molar-refractivity contribution < 1.29 is 14.6 Å². The summed E-state index contributed by atoms with van der Waals surface area (Å²) in [6.45, 7) is 2.24. The van der Waals surface area contributed by atoms with Crippen molar-refractivity contribution in [3.8, 4) is 5.75 Å². The molecule has 0 radical (unpaired) electrons. The van der Waals surface area contributed by atoms with Crippen molar-refractivity contribution in [2.45, 2.75) is 26.0 Å². The van der Waals surface area contributed by atoms with E-state index in [0.29, 0.717) is 24.3 Å². The Morgan fingerprint density at radius 3 is 2.91 bits per heavy atom. The predicted octanol–water partition coefficient (Wildman–Crippen LogP) is 2.16. The third-order valence-corrected chi connectivity index (χ3v) is 3.27. The van der Waals surface area contributed by atoms with E-state index in [4.69, 9.17) is 9.84 Å². The zero-order chi connectivity index (χ0) is 15.8. The van der Waals surface area contributed by atoms with E-state index in [2.05, 4.69) is 10.3 Å². The monoisotopic (exact) mass is 300 g/mol. The van der Waals surface area contributed by atoms with Crippen LogP contribution >= 0.6 is 0 Å². The van der Waals surface area contributed by atoms with Crippen LogP contribution in [0.25, 0.3) is 0 Å². The summed E-state index contributed by atoms with van der Waals surface area (Å²) in [5.41, 5.74) is 1.47. The fraction of sp³-hybridized carbons (Fsp3) is 0.294. The molecule has 116 valence electrons. The van der Waals surface area contributed by atoms with Gasteiger partial charge in [-0.3, -0.25) is 9.78 Å². The van der Waals surface area contributed by atoms with Crippen LogP contribution in [0.2, 0.25) is 0 Å². The predicted molar refractivity (Wildman–Crippen MR) is 83.6 cm³/mol. The summed E-state index contributed by atoms with van der Waals surface area (Å²) in [7, 11) is 0. The highest BCUT2D eigenvalue weighted by Crippen LogP contribution is 2.15. The van der Waals surface area contributed by atoms with Crippen molar-refractivity contribution in [2.24, 2.45) is 0 Å². The first-order valence-corrected chi connectivity index (χ1v) is 7.26. The Labute approximate surface area is 130 Å². The Morgan fingerprint density at radius 1 is 1.36 bits per heavy atom. The molecule has 2 rings (SSSR count). The second kappa shape index (κ2) is 8.14. The number of rotatable bonds is 7. The van der Waals surface area contributed by atoms with Crippen LogP contribution in [0.5, 0.6) is 5.75 Å². The number of nitrogens with one attached hydrogen (secondary N) is 1. The largest absolute Gasteiger partial charge is 0.489 e. The van der Waals surface area contributed by atoms with Crippen LogP contribution in [0.3, 0.4) is 0 Å². The molecule has 0 fully saturated rings. The van der Waals surface area contributed by atoms with E-state index < -0.39 is 0 Å². The topological polar surface area (TPSA) is 71.5 Å². The van der Waals surface area contributed by atoms with Crippen LogP contribution in [-0.2, 0) is 6.61 Å². The van der Waals surface area contributed by atoms with Crippen molar-refractivity contribution in [2.75, 3.05) is 6.61 Å². The summed E-state index contributed by atoms with van der Waals surface area (Å²) in [4.78, 5) is 16.1. The Balaban J connectivity index is 1.99. The molecule has 1 heterocycles. The first-order chi connectivity index (χ1) is 10.7. The molecule has 1 aromatic carbocycles. The standard InChI is InChI=1S/C17H20N2O3/c1-2-15(11-20)19-17(21)14-6-3-7-16(9-14)22-12-13-5-4-8-18-10-13/h3-10,15,20H,2,11-12H2,1H3,(H,19,21). The Hall–Kier alpha value is -2.40. The van der Waals surface area contributed by atoms with Gasteiger partial charge in [-0.25, -0.2) is 0 Å². The summed E-state index contributed by atoms with van der Waals surface area (Å²) in [6, 6.07) is 10.5. The zero-order valence-electron chi connectivity index (χ0n) is 12.5. The van der Waals surface area contributed by atoms with Gasteiger partial charge in [0.15, 0.2) is 0 Å². The average molecular weight is 300 g/mol. The minimum atomic E-state index is -0.229. The quantitative estimate of drug-likeness (QED) is 0.822. The normalized spacial score (nSPS) is 11.7. The van der Waals surface area contributed by atoms with E-state index in [1.54, 1.807) is 36.7 Å². The third-order valence-electron chi connectivity index (χ3n) is 3.27. The van der Waals surface area contributed by atoms with Gasteiger partial charge < -0.3 is 15.2 Å². The molecule has 2 aromatic rings. The number of hydrogen-bond donors (Lipinski definition) is 2. The summed E-state index contributed by atoms with van der Waals surface area (Å²) >= 11 is 0. The molecule has 1 aromatic heterocycles. The summed E-state index contributed by atoms with van der Waals surface area (Å²) in [5, 5.41) is 11.9. The molecule has 0 aliphatic carbocycles. The number of benzene rings is 1. The van der Waals surface area contributed by atoms with Gasteiger partial charge in [0.05, 0.1) is 12.6 Å².